The van der Waals surface area contributed by atoms with Crippen molar-refractivity contribution in [3.8, 4) is 5.75 Å². The molecule has 0 bridgehead atoms. The summed E-state index contributed by atoms with van der Waals surface area (Å²) in [5.74, 6) is 0.0236. The topological polar surface area (TPSA) is 60.2 Å². The van der Waals surface area contributed by atoms with Gasteiger partial charge in [0.15, 0.2) is 11.7 Å². The zero-order valence-electron chi connectivity index (χ0n) is 16.5. The van der Waals surface area contributed by atoms with E-state index in [2.05, 4.69) is 9.97 Å². The van der Waals surface area contributed by atoms with Gasteiger partial charge in [-0.2, -0.15) is 0 Å². The average molecular weight is 425 g/mol. The number of imidazole rings is 1. The Bertz CT molecular complexity index is 1140. The molecule has 0 unspecified atom stereocenters. The highest BCUT2D eigenvalue weighted by Gasteiger charge is 2.21. The van der Waals surface area contributed by atoms with E-state index in [4.69, 9.17) is 4.74 Å². The van der Waals surface area contributed by atoms with Crippen LogP contribution in [0, 0.1) is 12.7 Å². The molecule has 6 nitrogen and oxygen atoms in total. The van der Waals surface area contributed by atoms with Gasteiger partial charge in [-0.05, 0) is 43.2 Å². The lowest BCUT2D eigenvalue weighted by Gasteiger charge is -2.20. The molecule has 0 atom stereocenters. The maximum atomic E-state index is 14.1. The molecular formula is C22H21FN4O2S. The lowest BCUT2D eigenvalue weighted by molar-refractivity contribution is -0.120. The Labute approximate surface area is 177 Å². The molecule has 0 aliphatic carbocycles. The number of ether oxygens (including phenoxy) is 1. The van der Waals surface area contributed by atoms with Gasteiger partial charge >= 0.3 is 0 Å². The number of halogens is 1. The van der Waals surface area contributed by atoms with Crippen LogP contribution in [0.2, 0.25) is 0 Å². The van der Waals surface area contributed by atoms with Gasteiger partial charge < -0.3 is 9.30 Å². The van der Waals surface area contributed by atoms with Crippen LogP contribution in [-0.4, -0.2) is 33.6 Å². The van der Waals surface area contributed by atoms with Crippen molar-refractivity contribution < 1.29 is 13.9 Å². The number of aryl methyl sites for hydroxylation is 2. The molecule has 0 N–H and O–H groups in total. The van der Waals surface area contributed by atoms with Crippen LogP contribution in [0.3, 0.4) is 0 Å². The molecule has 0 radical (unpaired) electrons. The van der Waals surface area contributed by atoms with Crippen molar-refractivity contribution in [2.75, 3.05) is 18.1 Å². The van der Waals surface area contributed by atoms with Crippen molar-refractivity contribution in [2.24, 2.45) is 0 Å². The minimum atomic E-state index is -0.392. The molecule has 0 spiro atoms. The molecule has 2 aromatic heterocycles. The van der Waals surface area contributed by atoms with E-state index in [1.54, 1.807) is 29.6 Å². The summed E-state index contributed by atoms with van der Waals surface area (Å²) in [6.45, 7) is 3.00. The fourth-order valence-corrected chi connectivity index (χ4v) is 4.13. The van der Waals surface area contributed by atoms with E-state index in [0.717, 1.165) is 5.56 Å². The lowest BCUT2D eigenvalue weighted by Crippen LogP contribution is -2.36. The van der Waals surface area contributed by atoms with Crippen LogP contribution in [0.4, 0.5) is 9.52 Å². The number of rotatable bonds is 8. The maximum Gasteiger partial charge on any atom is 0.266 e. The Hall–Kier alpha value is -3.26. The van der Waals surface area contributed by atoms with Crippen LogP contribution < -0.4 is 9.64 Å². The summed E-state index contributed by atoms with van der Waals surface area (Å²) in [6, 6.07) is 12.4. The van der Waals surface area contributed by atoms with E-state index < -0.39 is 5.82 Å². The highest BCUT2D eigenvalue weighted by molar-refractivity contribution is 7.22. The molecule has 4 aromatic rings. The number of carbonyl (C=O) groups excluding carboxylic acids is 1. The molecule has 2 heterocycles. The zero-order valence-corrected chi connectivity index (χ0v) is 17.3. The summed E-state index contributed by atoms with van der Waals surface area (Å²) < 4.78 is 22.5. The Morgan fingerprint density at radius 2 is 2.13 bits per heavy atom. The Morgan fingerprint density at radius 3 is 2.90 bits per heavy atom. The van der Waals surface area contributed by atoms with Crippen LogP contribution in [0.5, 0.6) is 5.75 Å². The molecule has 1 amide bonds. The van der Waals surface area contributed by atoms with Crippen molar-refractivity contribution in [3.63, 3.8) is 0 Å². The largest absolute Gasteiger partial charge is 0.484 e. The molecule has 154 valence electrons. The van der Waals surface area contributed by atoms with Crippen LogP contribution in [0.25, 0.3) is 10.2 Å². The molecule has 30 heavy (non-hydrogen) atoms. The minimum absolute atomic E-state index is 0.118. The number of carbonyl (C=O) groups is 1. The number of nitrogens with zero attached hydrogens (tertiary/aromatic N) is 4. The number of thiazole rings is 1. The highest BCUT2D eigenvalue weighted by Crippen LogP contribution is 2.30. The molecule has 0 fully saturated rings. The van der Waals surface area contributed by atoms with Crippen LogP contribution in [0.1, 0.15) is 12.0 Å². The normalized spacial score (nSPS) is 11.0. The maximum absolute atomic E-state index is 14.1. The number of anilines is 1. The first-order chi connectivity index (χ1) is 14.6. The Morgan fingerprint density at radius 1 is 1.27 bits per heavy atom. The Kier molecular flexibility index (Phi) is 6.04. The first-order valence-corrected chi connectivity index (χ1v) is 10.4. The molecule has 0 aliphatic rings. The average Bonchev–Trinajstić information content (AvgIpc) is 3.40. The van der Waals surface area contributed by atoms with E-state index >= 15 is 0 Å². The molecule has 0 aliphatic heterocycles. The molecule has 0 saturated carbocycles. The van der Waals surface area contributed by atoms with Crippen molar-refractivity contribution in [3.05, 3.63) is 72.6 Å². The second-order valence-corrected chi connectivity index (χ2v) is 7.90. The number of aromatic nitrogens is 3. The highest BCUT2D eigenvalue weighted by atomic mass is 32.1. The molecule has 0 saturated heterocycles. The molecular weight excluding hydrogens is 403 g/mol. The third-order valence-corrected chi connectivity index (χ3v) is 5.64. The molecule has 8 heteroatoms. The lowest BCUT2D eigenvalue weighted by atomic mass is 10.2. The fraction of sp³-hybridized carbons (Fsp3) is 0.227. The van der Waals surface area contributed by atoms with Crippen LogP contribution in [0.15, 0.2) is 61.2 Å². The standard InChI is InChI=1S/C22H21FN4O2S/c1-16-5-2-6-17(13-16)29-14-20(28)27(11-4-10-26-12-9-24-15-26)22-25-21-18(23)7-3-8-19(21)30-22/h2-3,5-9,12-13,15H,4,10-11,14H2,1H3. The zero-order chi connectivity index (χ0) is 20.9. The summed E-state index contributed by atoms with van der Waals surface area (Å²) in [7, 11) is 0. The number of amides is 1. The Balaban J connectivity index is 1.52. The molecule has 4 rings (SSSR count). The van der Waals surface area contributed by atoms with Gasteiger partial charge in [0, 0.05) is 25.5 Å². The minimum Gasteiger partial charge on any atom is -0.484 e. The van der Waals surface area contributed by atoms with Crippen LogP contribution >= 0.6 is 11.3 Å². The first kappa shape index (κ1) is 20.0. The summed E-state index contributed by atoms with van der Waals surface area (Å²) in [5.41, 5.74) is 1.34. The van der Waals surface area contributed by atoms with Gasteiger partial charge in [-0.1, -0.05) is 29.5 Å². The SMILES string of the molecule is Cc1cccc(OCC(=O)N(CCCn2ccnc2)c2nc3c(F)cccc3s2)c1. The van der Waals surface area contributed by atoms with Crippen LogP contribution in [-0.2, 0) is 11.3 Å². The van der Waals surface area contributed by atoms with Crippen molar-refractivity contribution in [2.45, 2.75) is 19.9 Å². The number of para-hydroxylation sites is 1. The van der Waals surface area contributed by atoms with Gasteiger partial charge in [0.25, 0.3) is 5.91 Å². The van der Waals surface area contributed by atoms with Crippen molar-refractivity contribution >= 4 is 32.6 Å². The smallest absolute Gasteiger partial charge is 0.266 e. The summed E-state index contributed by atoms with van der Waals surface area (Å²) in [4.78, 5) is 23.0. The second-order valence-electron chi connectivity index (χ2n) is 6.89. The third-order valence-electron chi connectivity index (χ3n) is 4.60. The monoisotopic (exact) mass is 424 g/mol. The number of hydrogen-bond acceptors (Lipinski definition) is 5. The van der Waals surface area contributed by atoms with Crippen molar-refractivity contribution in [1.29, 1.82) is 0 Å². The first-order valence-electron chi connectivity index (χ1n) is 9.61. The van der Waals surface area contributed by atoms with E-state index in [0.29, 0.717) is 35.1 Å². The second kappa shape index (κ2) is 9.04. The van der Waals surface area contributed by atoms with Gasteiger partial charge in [-0.25, -0.2) is 14.4 Å². The summed E-state index contributed by atoms with van der Waals surface area (Å²) in [5, 5.41) is 0.471. The van der Waals surface area contributed by atoms with Gasteiger partial charge in [0.05, 0.1) is 11.0 Å². The number of hydrogen-bond donors (Lipinski definition) is 0. The van der Waals surface area contributed by atoms with E-state index in [-0.39, 0.29) is 18.0 Å². The van der Waals surface area contributed by atoms with Gasteiger partial charge in [0.1, 0.15) is 17.1 Å². The van der Waals surface area contributed by atoms with Crippen molar-refractivity contribution in [1.82, 2.24) is 14.5 Å². The van der Waals surface area contributed by atoms with E-state index in [9.17, 15) is 9.18 Å². The van der Waals surface area contributed by atoms with E-state index in [1.165, 1.54) is 17.4 Å². The number of fused-ring (bicyclic) bond motifs is 1. The predicted octanol–water partition coefficient (Wildman–Crippen LogP) is 4.44. The summed E-state index contributed by atoms with van der Waals surface area (Å²) in [6.07, 6.45) is 6.03. The van der Waals surface area contributed by atoms with E-state index in [1.807, 2.05) is 42.0 Å². The quantitative estimate of drug-likeness (QED) is 0.420. The van der Waals surface area contributed by atoms with Gasteiger partial charge in [0.2, 0.25) is 0 Å². The van der Waals surface area contributed by atoms with Gasteiger partial charge in [-0.15, -0.1) is 0 Å². The molecule has 2 aromatic carbocycles. The number of benzene rings is 2. The van der Waals surface area contributed by atoms with Gasteiger partial charge in [-0.3, -0.25) is 9.69 Å². The fourth-order valence-electron chi connectivity index (χ4n) is 3.10. The predicted molar refractivity (Wildman–Crippen MR) is 115 cm³/mol. The summed E-state index contributed by atoms with van der Waals surface area (Å²) >= 11 is 1.30. The third kappa shape index (κ3) is 4.65.